The molecule has 0 fully saturated rings. The molecule has 0 unspecified atom stereocenters. The number of anilines is 1. The molecular weight excluding hydrogens is 296 g/mol. The van der Waals surface area contributed by atoms with Gasteiger partial charge in [-0.2, -0.15) is 11.3 Å². The minimum Gasteiger partial charge on any atom is -0.355 e. The fraction of sp³-hybridized carbons (Fsp3) is 0.333. The highest BCUT2D eigenvalue weighted by molar-refractivity contribution is 7.89. The number of nitrogens with zero attached hydrogens (tertiary/aromatic N) is 2. The third-order valence-corrected chi connectivity index (χ3v) is 4.71. The topological polar surface area (TPSA) is 84.0 Å². The molecule has 6 nitrogen and oxygen atoms in total. The number of hydrogen-bond donors (Lipinski definition) is 2. The van der Waals surface area contributed by atoms with Crippen molar-refractivity contribution in [2.45, 2.75) is 18.2 Å². The van der Waals surface area contributed by atoms with E-state index in [0.29, 0.717) is 25.5 Å². The van der Waals surface area contributed by atoms with Crippen LogP contribution in [0.15, 0.2) is 34.1 Å². The van der Waals surface area contributed by atoms with Gasteiger partial charge in [-0.15, -0.1) is 0 Å². The van der Waals surface area contributed by atoms with Crippen molar-refractivity contribution in [3.63, 3.8) is 0 Å². The van der Waals surface area contributed by atoms with Crippen LogP contribution in [0.25, 0.3) is 0 Å². The number of nitrogens with one attached hydrogen (secondary N) is 2. The molecule has 0 spiro atoms. The van der Waals surface area contributed by atoms with Gasteiger partial charge in [0.1, 0.15) is 4.90 Å². The standard InChI is InChI=1S/C12H16N4O2S2/c1-2-13-12-14-7-11(8-15-12)20(17,18)16-5-3-10-4-6-19-9-10/h4,6-9,16H,2-3,5H2,1H3,(H,13,14,15). The van der Waals surface area contributed by atoms with Gasteiger partial charge in [0, 0.05) is 13.1 Å². The molecule has 20 heavy (non-hydrogen) atoms. The van der Waals surface area contributed by atoms with Crippen LogP contribution in [0.3, 0.4) is 0 Å². The van der Waals surface area contributed by atoms with Gasteiger partial charge in [-0.3, -0.25) is 0 Å². The average Bonchev–Trinajstić information content (AvgIpc) is 2.93. The molecule has 2 N–H and O–H groups in total. The van der Waals surface area contributed by atoms with Gasteiger partial charge in [0.05, 0.1) is 12.4 Å². The summed E-state index contributed by atoms with van der Waals surface area (Å²) in [6, 6.07) is 1.98. The molecule has 2 aromatic rings. The first-order valence-electron chi connectivity index (χ1n) is 6.18. The molecule has 108 valence electrons. The Bertz CT molecular complexity index is 624. The highest BCUT2D eigenvalue weighted by Gasteiger charge is 2.14. The van der Waals surface area contributed by atoms with Crippen molar-refractivity contribution in [2.24, 2.45) is 0 Å². The average molecular weight is 312 g/mol. The summed E-state index contributed by atoms with van der Waals surface area (Å²) in [6.45, 7) is 2.96. The Morgan fingerprint density at radius 3 is 2.65 bits per heavy atom. The van der Waals surface area contributed by atoms with E-state index in [1.165, 1.54) is 12.4 Å². The second kappa shape index (κ2) is 6.78. The summed E-state index contributed by atoms with van der Waals surface area (Å²) in [7, 11) is -3.54. The molecule has 2 heterocycles. The normalized spacial score (nSPS) is 11.4. The largest absolute Gasteiger partial charge is 0.355 e. The number of sulfonamides is 1. The fourth-order valence-electron chi connectivity index (χ4n) is 1.55. The molecule has 0 saturated carbocycles. The molecule has 8 heteroatoms. The van der Waals surface area contributed by atoms with Crippen LogP contribution in [0.5, 0.6) is 0 Å². The summed E-state index contributed by atoms with van der Waals surface area (Å²) >= 11 is 1.60. The van der Waals surface area contributed by atoms with Gasteiger partial charge in [-0.1, -0.05) is 0 Å². The zero-order valence-corrected chi connectivity index (χ0v) is 12.7. The van der Waals surface area contributed by atoms with E-state index in [1.807, 2.05) is 23.8 Å². The maximum absolute atomic E-state index is 12.0. The van der Waals surface area contributed by atoms with E-state index in [0.717, 1.165) is 5.56 Å². The first-order chi connectivity index (χ1) is 9.62. The lowest BCUT2D eigenvalue weighted by molar-refractivity contribution is 0.581. The van der Waals surface area contributed by atoms with E-state index >= 15 is 0 Å². The number of aromatic nitrogens is 2. The Morgan fingerprint density at radius 1 is 1.30 bits per heavy atom. The van der Waals surface area contributed by atoms with Crippen molar-refractivity contribution >= 4 is 27.3 Å². The minimum absolute atomic E-state index is 0.0736. The van der Waals surface area contributed by atoms with E-state index in [1.54, 1.807) is 11.3 Å². The van der Waals surface area contributed by atoms with E-state index < -0.39 is 10.0 Å². The number of hydrogen-bond acceptors (Lipinski definition) is 6. The molecule has 0 atom stereocenters. The SMILES string of the molecule is CCNc1ncc(S(=O)(=O)NCCc2ccsc2)cn1. The van der Waals surface area contributed by atoms with Gasteiger partial charge in [0.15, 0.2) is 0 Å². The summed E-state index contributed by atoms with van der Waals surface area (Å²) in [6.07, 6.45) is 3.27. The van der Waals surface area contributed by atoms with Gasteiger partial charge in [-0.25, -0.2) is 23.1 Å². The molecule has 0 aliphatic heterocycles. The molecule has 0 aliphatic carbocycles. The first kappa shape index (κ1) is 14.9. The van der Waals surface area contributed by atoms with E-state index in [9.17, 15) is 8.42 Å². The van der Waals surface area contributed by atoms with Crippen LogP contribution >= 0.6 is 11.3 Å². The van der Waals surface area contributed by atoms with Crippen LogP contribution in [0, 0.1) is 0 Å². The molecule has 0 amide bonds. The summed E-state index contributed by atoms with van der Waals surface area (Å²) in [4.78, 5) is 7.98. The van der Waals surface area contributed by atoms with Crippen LogP contribution in [-0.4, -0.2) is 31.5 Å². The second-order valence-corrected chi connectivity index (χ2v) is 6.60. The van der Waals surface area contributed by atoms with Gasteiger partial charge >= 0.3 is 0 Å². The predicted molar refractivity (Wildman–Crippen MR) is 79.4 cm³/mol. The molecular formula is C12H16N4O2S2. The molecule has 2 rings (SSSR count). The highest BCUT2D eigenvalue weighted by Crippen LogP contribution is 2.09. The molecule has 2 aromatic heterocycles. The van der Waals surface area contributed by atoms with Crippen LogP contribution in [-0.2, 0) is 16.4 Å². The van der Waals surface area contributed by atoms with Crippen molar-refractivity contribution < 1.29 is 8.42 Å². The zero-order valence-electron chi connectivity index (χ0n) is 11.0. The zero-order chi connectivity index (χ0) is 14.4. The second-order valence-electron chi connectivity index (χ2n) is 4.05. The molecule has 0 saturated heterocycles. The van der Waals surface area contributed by atoms with E-state index in [-0.39, 0.29) is 4.90 Å². The highest BCUT2D eigenvalue weighted by atomic mass is 32.2. The Labute approximate surface area is 122 Å². The van der Waals surface area contributed by atoms with Crippen LogP contribution < -0.4 is 10.0 Å². The van der Waals surface area contributed by atoms with E-state index in [4.69, 9.17) is 0 Å². The van der Waals surface area contributed by atoms with Crippen LogP contribution in [0.1, 0.15) is 12.5 Å². The number of rotatable bonds is 7. The summed E-state index contributed by atoms with van der Waals surface area (Å²) in [5.74, 6) is 0.421. The quantitative estimate of drug-likeness (QED) is 0.809. The maximum Gasteiger partial charge on any atom is 0.243 e. The lowest BCUT2D eigenvalue weighted by Crippen LogP contribution is -2.26. The predicted octanol–water partition coefficient (Wildman–Crippen LogP) is 1.49. The molecule has 0 aliphatic rings. The molecule has 0 bridgehead atoms. The van der Waals surface area contributed by atoms with Crippen molar-refractivity contribution in [1.82, 2.24) is 14.7 Å². The Morgan fingerprint density at radius 2 is 2.05 bits per heavy atom. The van der Waals surface area contributed by atoms with Gasteiger partial charge in [-0.05, 0) is 35.7 Å². The Kier molecular flexibility index (Phi) is 5.05. The van der Waals surface area contributed by atoms with Crippen molar-refractivity contribution in [1.29, 1.82) is 0 Å². The first-order valence-corrected chi connectivity index (χ1v) is 8.61. The minimum atomic E-state index is -3.54. The van der Waals surface area contributed by atoms with E-state index in [2.05, 4.69) is 20.0 Å². The van der Waals surface area contributed by atoms with Crippen molar-refractivity contribution in [2.75, 3.05) is 18.4 Å². The molecule has 0 aromatic carbocycles. The third kappa shape index (κ3) is 3.99. The lowest BCUT2D eigenvalue weighted by atomic mass is 10.2. The monoisotopic (exact) mass is 312 g/mol. The summed E-state index contributed by atoms with van der Waals surface area (Å²) in [5.41, 5.74) is 1.12. The van der Waals surface area contributed by atoms with Crippen LogP contribution in [0.4, 0.5) is 5.95 Å². The summed E-state index contributed by atoms with van der Waals surface area (Å²) in [5, 5.41) is 6.88. The van der Waals surface area contributed by atoms with Gasteiger partial charge < -0.3 is 5.32 Å². The number of thiophene rings is 1. The lowest BCUT2D eigenvalue weighted by Gasteiger charge is -2.06. The third-order valence-electron chi connectivity index (χ3n) is 2.56. The van der Waals surface area contributed by atoms with Crippen molar-refractivity contribution in [3.05, 3.63) is 34.8 Å². The molecule has 0 radical (unpaired) electrons. The summed E-state index contributed by atoms with van der Waals surface area (Å²) < 4.78 is 26.6. The van der Waals surface area contributed by atoms with Crippen molar-refractivity contribution in [3.8, 4) is 0 Å². The maximum atomic E-state index is 12.0. The van der Waals surface area contributed by atoms with Gasteiger partial charge in [0.25, 0.3) is 0 Å². The Hall–Kier alpha value is -1.51. The smallest absolute Gasteiger partial charge is 0.243 e. The Balaban J connectivity index is 1.95. The van der Waals surface area contributed by atoms with Gasteiger partial charge in [0.2, 0.25) is 16.0 Å². The fourth-order valence-corrected chi connectivity index (χ4v) is 3.18. The van der Waals surface area contributed by atoms with Crippen LogP contribution in [0.2, 0.25) is 0 Å².